The van der Waals surface area contributed by atoms with Gasteiger partial charge < -0.3 is 10.1 Å². The zero-order chi connectivity index (χ0) is 14.7. The van der Waals surface area contributed by atoms with E-state index in [4.69, 9.17) is 9.72 Å². The van der Waals surface area contributed by atoms with Gasteiger partial charge in [0, 0.05) is 32.2 Å². The number of thiazole rings is 1. The second kappa shape index (κ2) is 6.42. The fourth-order valence-corrected chi connectivity index (χ4v) is 4.10. The number of hydrogen-bond acceptors (Lipinski definition) is 4. The lowest BCUT2D eigenvalue weighted by Crippen LogP contribution is -2.42. The van der Waals surface area contributed by atoms with Crippen molar-refractivity contribution in [3.05, 3.63) is 29.3 Å². The Morgan fingerprint density at radius 2 is 2.05 bits per heavy atom. The first-order chi connectivity index (χ1) is 10.2. The molecule has 114 valence electrons. The quantitative estimate of drug-likeness (QED) is 0.916. The van der Waals surface area contributed by atoms with Crippen LogP contribution in [0.2, 0.25) is 0 Å². The molecule has 0 unspecified atom stereocenters. The van der Waals surface area contributed by atoms with E-state index in [1.807, 2.05) is 11.3 Å². The van der Waals surface area contributed by atoms with Gasteiger partial charge in [-0.25, -0.2) is 4.98 Å². The van der Waals surface area contributed by atoms with Crippen LogP contribution in [0, 0.1) is 5.41 Å². The minimum Gasteiger partial charge on any atom is -0.381 e. The molecule has 1 fully saturated rings. The highest BCUT2D eigenvalue weighted by atomic mass is 32.1. The van der Waals surface area contributed by atoms with Crippen LogP contribution in [0.15, 0.2) is 24.3 Å². The Morgan fingerprint density at radius 1 is 1.29 bits per heavy atom. The fourth-order valence-electron chi connectivity index (χ4n) is 2.96. The Hall–Kier alpha value is -0.970. The summed E-state index contributed by atoms with van der Waals surface area (Å²) in [6.45, 7) is 7.24. The van der Waals surface area contributed by atoms with Crippen LogP contribution in [-0.2, 0) is 11.2 Å². The molecule has 1 aromatic heterocycles. The Balaban J connectivity index is 1.79. The van der Waals surface area contributed by atoms with E-state index in [1.165, 1.54) is 9.71 Å². The lowest BCUT2D eigenvalue weighted by molar-refractivity contribution is 0.0141. The first-order valence-electron chi connectivity index (χ1n) is 7.82. The van der Waals surface area contributed by atoms with E-state index in [-0.39, 0.29) is 0 Å². The van der Waals surface area contributed by atoms with E-state index in [2.05, 4.69) is 43.4 Å². The molecule has 1 aromatic carbocycles. The Morgan fingerprint density at radius 3 is 2.76 bits per heavy atom. The highest BCUT2D eigenvalue weighted by Crippen LogP contribution is 2.36. The molecule has 0 spiro atoms. The number of hydrogen-bond donors (Lipinski definition) is 1. The van der Waals surface area contributed by atoms with Gasteiger partial charge in [0.25, 0.3) is 0 Å². The molecule has 0 aliphatic carbocycles. The summed E-state index contributed by atoms with van der Waals surface area (Å²) < 4.78 is 6.88. The number of nitrogens with zero attached hydrogens (tertiary/aromatic N) is 1. The van der Waals surface area contributed by atoms with Gasteiger partial charge in [-0.2, -0.15) is 0 Å². The average Bonchev–Trinajstić information content (AvgIpc) is 2.88. The van der Waals surface area contributed by atoms with Gasteiger partial charge in [0.1, 0.15) is 0 Å². The van der Waals surface area contributed by atoms with Crippen molar-refractivity contribution in [1.29, 1.82) is 0 Å². The second-order valence-electron chi connectivity index (χ2n) is 6.40. The molecule has 21 heavy (non-hydrogen) atoms. The third-order valence-electron chi connectivity index (χ3n) is 4.30. The van der Waals surface area contributed by atoms with Gasteiger partial charge in [0.2, 0.25) is 0 Å². The van der Waals surface area contributed by atoms with Crippen LogP contribution < -0.4 is 5.32 Å². The number of benzene rings is 1. The molecular formula is C17H24N2OS. The summed E-state index contributed by atoms with van der Waals surface area (Å²) in [5.74, 6) is 0. The van der Waals surface area contributed by atoms with Crippen LogP contribution in [0.25, 0.3) is 10.2 Å². The normalized spacial score (nSPS) is 18.4. The fraction of sp³-hybridized carbons (Fsp3) is 0.588. The predicted octanol–water partition coefficient (Wildman–Crippen LogP) is 3.63. The molecule has 3 rings (SSSR count). The van der Waals surface area contributed by atoms with Crippen LogP contribution >= 0.6 is 11.3 Å². The van der Waals surface area contributed by atoms with Gasteiger partial charge in [-0.05, 0) is 30.4 Å². The molecule has 0 radical (unpaired) electrons. The SMILES string of the molecule is CC(C)NCC1(Cc2nc3ccccc3s2)CCOCC1. The highest BCUT2D eigenvalue weighted by Gasteiger charge is 2.33. The lowest BCUT2D eigenvalue weighted by atomic mass is 9.77. The maximum atomic E-state index is 5.58. The summed E-state index contributed by atoms with van der Waals surface area (Å²) in [6, 6.07) is 8.96. The molecular weight excluding hydrogens is 280 g/mol. The molecule has 1 aliphatic heterocycles. The van der Waals surface area contributed by atoms with E-state index >= 15 is 0 Å². The van der Waals surface area contributed by atoms with Crippen LogP contribution in [0.3, 0.4) is 0 Å². The van der Waals surface area contributed by atoms with Crippen LogP contribution in [0.4, 0.5) is 0 Å². The first-order valence-corrected chi connectivity index (χ1v) is 8.64. The number of nitrogens with one attached hydrogen (secondary N) is 1. The zero-order valence-electron chi connectivity index (χ0n) is 12.9. The summed E-state index contributed by atoms with van der Waals surface area (Å²) in [5.41, 5.74) is 1.44. The highest BCUT2D eigenvalue weighted by molar-refractivity contribution is 7.18. The second-order valence-corrected chi connectivity index (χ2v) is 7.52. The summed E-state index contributed by atoms with van der Waals surface area (Å²) >= 11 is 1.84. The number of para-hydroxylation sites is 1. The number of fused-ring (bicyclic) bond motifs is 1. The Kier molecular flexibility index (Phi) is 4.57. The van der Waals surface area contributed by atoms with Crippen molar-refractivity contribution in [1.82, 2.24) is 10.3 Å². The van der Waals surface area contributed by atoms with Crippen LogP contribution in [-0.4, -0.2) is 30.8 Å². The van der Waals surface area contributed by atoms with Gasteiger partial charge in [0.05, 0.1) is 15.2 Å². The molecule has 2 heterocycles. The molecule has 1 aliphatic rings. The number of ether oxygens (including phenoxy) is 1. The molecule has 0 amide bonds. The summed E-state index contributed by atoms with van der Waals surface area (Å²) in [7, 11) is 0. The largest absolute Gasteiger partial charge is 0.381 e. The van der Waals surface area contributed by atoms with E-state index in [1.54, 1.807) is 0 Å². The van der Waals surface area contributed by atoms with Crippen molar-refractivity contribution in [3.8, 4) is 0 Å². The smallest absolute Gasteiger partial charge is 0.0944 e. The average molecular weight is 304 g/mol. The van der Waals surface area contributed by atoms with Crippen molar-refractivity contribution in [2.75, 3.05) is 19.8 Å². The van der Waals surface area contributed by atoms with Gasteiger partial charge >= 0.3 is 0 Å². The molecule has 4 heteroatoms. The van der Waals surface area contributed by atoms with Crippen LogP contribution in [0.5, 0.6) is 0 Å². The van der Waals surface area contributed by atoms with Gasteiger partial charge in [0.15, 0.2) is 0 Å². The molecule has 1 N–H and O–H groups in total. The van der Waals surface area contributed by atoms with Crippen LogP contribution in [0.1, 0.15) is 31.7 Å². The monoisotopic (exact) mass is 304 g/mol. The predicted molar refractivity (Wildman–Crippen MR) is 88.9 cm³/mol. The Bertz CT molecular complexity index is 554. The van der Waals surface area contributed by atoms with Gasteiger partial charge in [-0.3, -0.25) is 0 Å². The minimum absolute atomic E-state index is 0.302. The van der Waals surface area contributed by atoms with Crippen molar-refractivity contribution in [3.63, 3.8) is 0 Å². The van der Waals surface area contributed by atoms with Crippen molar-refractivity contribution in [2.24, 2.45) is 5.41 Å². The summed E-state index contributed by atoms with van der Waals surface area (Å²) in [4.78, 5) is 4.83. The molecule has 1 saturated heterocycles. The molecule has 3 nitrogen and oxygen atoms in total. The molecule has 0 atom stereocenters. The van der Waals surface area contributed by atoms with Crippen molar-refractivity contribution >= 4 is 21.6 Å². The number of aromatic nitrogens is 1. The lowest BCUT2D eigenvalue weighted by Gasteiger charge is -2.37. The Labute approximate surface area is 130 Å². The summed E-state index contributed by atoms with van der Waals surface area (Å²) in [6.07, 6.45) is 3.32. The minimum atomic E-state index is 0.302. The van der Waals surface area contributed by atoms with Gasteiger partial charge in [-0.15, -0.1) is 11.3 Å². The summed E-state index contributed by atoms with van der Waals surface area (Å²) in [5, 5.41) is 4.90. The number of rotatable bonds is 5. The maximum absolute atomic E-state index is 5.58. The van der Waals surface area contributed by atoms with E-state index < -0.39 is 0 Å². The standard InChI is InChI=1S/C17H24N2OS/c1-13(2)18-12-17(7-9-20-10-8-17)11-16-19-14-5-3-4-6-15(14)21-16/h3-6,13,18H,7-12H2,1-2H3. The third kappa shape index (κ3) is 3.62. The molecule has 0 bridgehead atoms. The topological polar surface area (TPSA) is 34.2 Å². The third-order valence-corrected chi connectivity index (χ3v) is 5.34. The zero-order valence-corrected chi connectivity index (χ0v) is 13.7. The van der Waals surface area contributed by atoms with E-state index in [0.29, 0.717) is 11.5 Å². The first kappa shape index (κ1) is 14.9. The van der Waals surface area contributed by atoms with E-state index in [9.17, 15) is 0 Å². The maximum Gasteiger partial charge on any atom is 0.0944 e. The molecule has 0 saturated carbocycles. The van der Waals surface area contributed by atoms with E-state index in [0.717, 1.165) is 44.5 Å². The van der Waals surface area contributed by atoms with Crippen molar-refractivity contribution in [2.45, 2.75) is 39.2 Å². The van der Waals surface area contributed by atoms with Gasteiger partial charge in [-0.1, -0.05) is 26.0 Å². The van der Waals surface area contributed by atoms with Crippen molar-refractivity contribution < 1.29 is 4.74 Å². The molecule has 2 aromatic rings.